The molecule has 0 heterocycles. The molecule has 5 nitrogen and oxygen atoms in total. The molecule has 1 saturated carbocycles. The van der Waals surface area contributed by atoms with Crippen LogP contribution in [0.2, 0.25) is 0 Å². The van der Waals surface area contributed by atoms with E-state index in [2.05, 4.69) is 0 Å². The highest BCUT2D eigenvalue weighted by Gasteiger charge is 2.41. The van der Waals surface area contributed by atoms with Crippen LogP contribution in [-0.2, 0) is 0 Å². The Bertz CT molecular complexity index is 163. The second-order valence-corrected chi connectivity index (χ2v) is 3.55. The molecule has 0 unspecified atom stereocenters. The summed E-state index contributed by atoms with van der Waals surface area (Å²) >= 11 is 0. The standard InChI is InChI=1S/C8H16O5/c9-2-1-4-3-5(10)7(12)8(13)6(4)11/h4-13H,1-3H2/t4-,5+,6-,7-,8+/m1/s1. The molecule has 0 aliphatic heterocycles. The molecular weight excluding hydrogens is 176 g/mol. The molecule has 78 valence electrons. The first-order valence-electron chi connectivity index (χ1n) is 4.41. The predicted molar refractivity (Wildman–Crippen MR) is 43.8 cm³/mol. The molecule has 5 N–H and O–H groups in total. The highest BCUT2D eigenvalue weighted by atomic mass is 16.4. The molecule has 0 bridgehead atoms. The van der Waals surface area contributed by atoms with Crippen LogP contribution in [0.1, 0.15) is 12.8 Å². The highest BCUT2D eigenvalue weighted by Crippen LogP contribution is 2.27. The highest BCUT2D eigenvalue weighted by molar-refractivity contribution is 4.92. The third kappa shape index (κ3) is 2.18. The molecule has 0 spiro atoms. The maximum atomic E-state index is 9.42. The third-order valence-electron chi connectivity index (χ3n) is 2.62. The van der Waals surface area contributed by atoms with Crippen molar-refractivity contribution in [2.75, 3.05) is 6.61 Å². The Morgan fingerprint density at radius 2 is 1.54 bits per heavy atom. The SMILES string of the molecule is OCC[C@@H]1C[C@H](O)[C@@H](O)[C@@H](O)[C@@H]1O. The van der Waals surface area contributed by atoms with E-state index in [-0.39, 0.29) is 18.9 Å². The van der Waals surface area contributed by atoms with Crippen molar-refractivity contribution in [3.8, 4) is 0 Å². The van der Waals surface area contributed by atoms with Crippen LogP contribution in [0.3, 0.4) is 0 Å². The summed E-state index contributed by atoms with van der Waals surface area (Å²) in [5.41, 5.74) is 0. The summed E-state index contributed by atoms with van der Waals surface area (Å²) in [5.74, 6) is -0.349. The summed E-state index contributed by atoms with van der Waals surface area (Å²) in [7, 11) is 0. The molecule has 0 saturated heterocycles. The number of hydrogen-bond donors (Lipinski definition) is 5. The summed E-state index contributed by atoms with van der Waals surface area (Å²) in [6.07, 6.45) is -4.16. The minimum absolute atomic E-state index is 0.0999. The predicted octanol–water partition coefficient (Wildman–Crippen LogP) is -2.17. The zero-order valence-corrected chi connectivity index (χ0v) is 7.24. The van der Waals surface area contributed by atoms with Crippen LogP contribution >= 0.6 is 0 Å². The van der Waals surface area contributed by atoms with E-state index in [0.29, 0.717) is 6.42 Å². The Balaban J connectivity index is 2.59. The van der Waals surface area contributed by atoms with Gasteiger partial charge in [-0.2, -0.15) is 0 Å². The van der Waals surface area contributed by atoms with Crippen LogP contribution in [0, 0.1) is 5.92 Å². The van der Waals surface area contributed by atoms with Crippen LogP contribution in [-0.4, -0.2) is 56.6 Å². The van der Waals surface area contributed by atoms with E-state index in [0.717, 1.165) is 0 Å². The van der Waals surface area contributed by atoms with Crippen molar-refractivity contribution in [1.82, 2.24) is 0 Å². The van der Waals surface area contributed by atoms with Gasteiger partial charge in [-0.05, 0) is 18.8 Å². The topological polar surface area (TPSA) is 101 Å². The van der Waals surface area contributed by atoms with E-state index in [1.54, 1.807) is 0 Å². The van der Waals surface area contributed by atoms with Gasteiger partial charge in [0.2, 0.25) is 0 Å². The Labute approximate surface area is 76.3 Å². The van der Waals surface area contributed by atoms with Crippen LogP contribution in [0.25, 0.3) is 0 Å². The molecule has 13 heavy (non-hydrogen) atoms. The van der Waals surface area contributed by atoms with Gasteiger partial charge in [0.25, 0.3) is 0 Å². The molecule has 0 aromatic carbocycles. The van der Waals surface area contributed by atoms with Gasteiger partial charge >= 0.3 is 0 Å². The van der Waals surface area contributed by atoms with Gasteiger partial charge in [0, 0.05) is 6.61 Å². The maximum Gasteiger partial charge on any atom is 0.108 e. The van der Waals surface area contributed by atoms with Gasteiger partial charge < -0.3 is 25.5 Å². The average Bonchev–Trinajstić information content (AvgIpc) is 2.11. The lowest BCUT2D eigenvalue weighted by molar-refractivity contribution is -0.159. The molecule has 1 fully saturated rings. The largest absolute Gasteiger partial charge is 0.396 e. The van der Waals surface area contributed by atoms with E-state index in [9.17, 15) is 20.4 Å². The Morgan fingerprint density at radius 3 is 2.08 bits per heavy atom. The fraction of sp³-hybridized carbons (Fsp3) is 1.00. The Kier molecular flexibility index (Phi) is 3.63. The third-order valence-corrected chi connectivity index (χ3v) is 2.62. The van der Waals surface area contributed by atoms with Crippen molar-refractivity contribution in [2.45, 2.75) is 37.3 Å². The molecule has 1 rings (SSSR count). The van der Waals surface area contributed by atoms with Crippen LogP contribution in [0.4, 0.5) is 0 Å². The maximum absolute atomic E-state index is 9.42. The molecule has 1 aliphatic rings. The normalized spacial score (nSPS) is 46.4. The van der Waals surface area contributed by atoms with Crippen molar-refractivity contribution in [1.29, 1.82) is 0 Å². The Hall–Kier alpha value is -0.200. The number of rotatable bonds is 2. The number of aliphatic hydroxyl groups excluding tert-OH is 5. The molecule has 0 radical (unpaired) electrons. The van der Waals surface area contributed by atoms with Crippen LogP contribution < -0.4 is 0 Å². The first-order valence-corrected chi connectivity index (χ1v) is 4.41. The van der Waals surface area contributed by atoms with E-state index in [1.807, 2.05) is 0 Å². The molecule has 0 amide bonds. The van der Waals surface area contributed by atoms with Crippen molar-refractivity contribution in [2.24, 2.45) is 5.92 Å². The van der Waals surface area contributed by atoms with Gasteiger partial charge in [0.05, 0.1) is 12.2 Å². The van der Waals surface area contributed by atoms with Crippen LogP contribution in [0.15, 0.2) is 0 Å². The first-order chi connectivity index (χ1) is 6.07. The van der Waals surface area contributed by atoms with Gasteiger partial charge in [-0.1, -0.05) is 0 Å². The zero-order valence-electron chi connectivity index (χ0n) is 7.24. The van der Waals surface area contributed by atoms with E-state index < -0.39 is 24.4 Å². The van der Waals surface area contributed by atoms with E-state index >= 15 is 0 Å². The zero-order chi connectivity index (χ0) is 10.0. The average molecular weight is 192 g/mol. The summed E-state index contributed by atoms with van der Waals surface area (Å²) < 4.78 is 0. The van der Waals surface area contributed by atoms with Crippen LogP contribution in [0.5, 0.6) is 0 Å². The van der Waals surface area contributed by atoms with Gasteiger partial charge in [-0.25, -0.2) is 0 Å². The fourth-order valence-corrected chi connectivity index (χ4v) is 1.75. The fourth-order valence-electron chi connectivity index (χ4n) is 1.75. The quantitative estimate of drug-likeness (QED) is 0.343. The lowest BCUT2D eigenvalue weighted by Crippen LogP contribution is -2.53. The molecule has 0 aromatic rings. The van der Waals surface area contributed by atoms with Gasteiger partial charge in [0.15, 0.2) is 0 Å². The molecular formula is C8H16O5. The minimum atomic E-state index is -1.32. The van der Waals surface area contributed by atoms with Gasteiger partial charge in [-0.3, -0.25) is 0 Å². The summed E-state index contributed by atoms with van der Waals surface area (Å²) in [6, 6.07) is 0. The Morgan fingerprint density at radius 1 is 0.923 bits per heavy atom. The second kappa shape index (κ2) is 4.34. The van der Waals surface area contributed by atoms with E-state index in [4.69, 9.17) is 5.11 Å². The number of aliphatic hydroxyl groups is 5. The lowest BCUT2D eigenvalue weighted by atomic mass is 9.79. The van der Waals surface area contributed by atoms with Gasteiger partial charge in [-0.15, -0.1) is 0 Å². The van der Waals surface area contributed by atoms with Crippen molar-refractivity contribution in [3.05, 3.63) is 0 Å². The second-order valence-electron chi connectivity index (χ2n) is 3.55. The molecule has 5 heteroatoms. The minimum Gasteiger partial charge on any atom is -0.396 e. The smallest absolute Gasteiger partial charge is 0.108 e. The monoisotopic (exact) mass is 192 g/mol. The lowest BCUT2D eigenvalue weighted by Gasteiger charge is -2.38. The first kappa shape index (κ1) is 10.9. The van der Waals surface area contributed by atoms with Gasteiger partial charge in [0.1, 0.15) is 12.2 Å². The summed E-state index contributed by atoms with van der Waals surface area (Å²) in [4.78, 5) is 0. The molecule has 1 aliphatic carbocycles. The number of hydrogen-bond acceptors (Lipinski definition) is 5. The summed E-state index contributed by atoms with van der Waals surface area (Å²) in [5, 5.41) is 45.8. The summed E-state index contributed by atoms with van der Waals surface area (Å²) in [6.45, 7) is -0.0999. The molecule has 0 aromatic heterocycles. The van der Waals surface area contributed by atoms with Crippen molar-refractivity contribution in [3.63, 3.8) is 0 Å². The van der Waals surface area contributed by atoms with E-state index in [1.165, 1.54) is 0 Å². The van der Waals surface area contributed by atoms with Crippen molar-refractivity contribution < 1.29 is 25.5 Å². The van der Waals surface area contributed by atoms with Crippen molar-refractivity contribution >= 4 is 0 Å². The molecule has 5 atom stereocenters.